The van der Waals surface area contributed by atoms with Crippen LogP contribution in [0.2, 0.25) is 0 Å². The Morgan fingerprint density at radius 1 is 1.62 bits per heavy atom. The first-order chi connectivity index (χ1) is 6.13. The van der Waals surface area contributed by atoms with Crippen LogP contribution < -0.4 is 11.1 Å². The van der Waals surface area contributed by atoms with Crippen LogP contribution >= 0.6 is 0 Å². The van der Waals surface area contributed by atoms with Crippen LogP contribution in [-0.4, -0.2) is 6.03 Å². The number of primary amides is 1. The Labute approximate surface area is 77.3 Å². The van der Waals surface area contributed by atoms with E-state index in [1.807, 2.05) is 25.1 Å². The van der Waals surface area contributed by atoms with E-state index in [4.69, 9.17) is 5.73 Å². The first-order valence-electron chi connectivity index (χ1n) is 3.93. The highest BCUT2D eigenvalue weighted by molar-refractivity contribution is 5.89. The third-order valence-corrected chi connectivity index (χ3v) is 1.76. The standard InChI is InChI=1S/C10H12N2O/c1-3-8-5-4-7(2)9(6-8)12-10(11)13/h3-6H,1H2,2H3,(H3,11,12,13). The molecule has 1 aromatic rings. The Morgan fingerprint density at radius 3 is 2.85 bits per heavy atom. The summed E-state index contributed by atoms with van der Waals surface area (Å²) in [4.78, 5) is 10.6. The minimum absolute atomic E-state index is 0.552. The molecule has 0 aromatic heterocycles. The number of carbonyl (C=O) groups excluding carboxylic acids is 1. The van der Waals surface area contributed by atoms with Gasteiger partial charge in [0.25, 0.3) is 0 Å². The molecule has 3 N–H and O–H groups in total. The number of hydrogen-bond donors (Lipinski definition) is 2. The largest absolute Gasteiger partial charge is 0.351 e. The molecule has 0 fully saturated rings. The zero-order valence-corrected chi connectivity index (χ0v) is 7.50. The van der Waals surface area contributed by atoms with Gasteiger partial charge in [-0.25, -0.2) is 4.79 Å². The second-order valence-electron chi connectivity index (χ2n) is 2.77. The molecule has 0 atom stereocenters. The fourth-order valence-corrected chi connectivity index (χ4v) is 1.03. The number of nitrogens with one attached hydrogen (secondary N) is 1. The topological polar surface area (TPSA) is 55.1 Å². The lowest BCUT2D eigenvalue weighted by Gasteiger charge is -2.06. The molecule has 13 heavy (non-hydrogen) atoms. The van der Waals surface area contributed by atoms with Crippen LogP contribution in [0.3, 0.4) is 0 Å². The van der Waals surface area contributed by atoms with Gasteiger partial charge in [-0.1, -0.05) is 24.8 Å². The second-order valence-corrected chi connectivity index (χ2v) is 2.77. The molecule has 0 heterocycles. The summed E-state index contributed by atoms with van der Waals surface area (Å²) in [5.74, 6) is 0. The van der Waals surface area contributed by atoms with Crippen molar-refractivity contribution in [2.24, 2.45) is 5.73 Å². The van der Waals surface area contributed by atoms with Crippen molar-refractivity contribution in [2.45, 2.75) is 6.92 Å². The highest BCUT2D eigenvalue weighted by atomic mass is 16.2. The summed E-state index contributed by atoms with van der Waals surface area (Å²) >= 11 is 0. The van der Waals surface area contributed by atoms with Gasteiger partial charge in [0.05, 0.1) is 0 Å². The summed E-state index contributed by atoms with van der Waals surface area (Å²) in [6, 6.07) is 5.11. The first kappa shape index (κ1) is 9.32. The van der Waals surface area contributed by atoms with E-state index in [9.17, 15) is 4.79 Å². The van der Waals surface area contributed by atoms with Crippen molar-refractivity contribution in [3.8, 4) is 0 Å². The third-order valence-electron chi connectivity index (χ3n) is 1.76. The molecule has 1 aromatic carbocycles. The van der Waals surface area contributed by atoms with Crippen LogP contribution in [0.25, 0.3) is 6.08 Å². The monoisotopic (exact) mass is 176 g/mol. The van der Waals surface area contributed by atoms with Gasteiger partial charge in [-0.3, -0.25) is 0 Å². The number of carbonyl (C=O) groups is 1. The number of rotatable bonds is 2. The van der Waals surface area contributed by atoms with Gasteiger partial charge in [0.15, 0.2) is 0 Å². The Hall–Kier alpha value is -1.77. The number of hydrogen-bond acceptors (Lipinski definition) is 1. The zero-order chi connectivity index (χ0) is 9.84. The molecule has 0 aliphatic rings. The maximum Gasteiger partial charge on any atom is 0.316 e. The van der Waals surface area contributed by atoms with Gasteiger partial charge in [-0.2, -0.15) is 0 Å². The zero-order valence-electron chi connectivity index (χ0n) is 7.50. The molecular weight excluding hydrogens is 164 g/mol. The lowest BCUT2D eigenvalue weighted by atomic mass is 10.1. The van der Waals surface area contributed by atoms with Gasteiger partial charge in [0.2, 0.25) is 0 Å². The number of nitrogens with two attached hydrogens (primary N) is 1. The minimum Gasteiger partial charge on any atom is -0.351 e. The molecule has 3 heteroatoms. The average Bonchev–Trinajstić information content (AvgIpc) is 2.08. The predicted molar refractivity (Wildman–Crippen MR) is 54.5 cm³/mol. The maximum absolute atomic E-state index is 10.6. The molecule has 68 valence electrons. The van der Waals surface area contributed by atoms with Crippen molar-refractivity contribution in [1.29, 1.82) is 0 Å². The van der Waals surface area contributed by atoms with E-state index in [1.165, 1.54) is 0 Å². The van der Waals surface area contributed by atoms with Gasteiger partial charge < -0.3 is 11.1 Å². The highest BCUT2D eigenvalue weighted by Crippen LogP contribution is 2.16. The van der Waals surface area contributed by atoms with Crippen molar-refractivity contribution in [1.82, 2.24) is 0 Å². The lowest BCUT2D eigenvalue weighted by Crippen LogP contribution is -2.19. The third kappa shape index (κ3) is 2.33. The van der Waals surface area contributed by atoms with Crippen LogP contribution in [-0.2, 0) is 0 Å². The van der Waals surface area contributed by atoms with Crippen molar-refractivity contribution in [3.05, 3.63) is 35.9 Å². The van der Waals surface area contributed by atoms with Gasteiger partial charge in [0.1, 0.15) is 0 Å². The molecule has 0 aliphatic heterocycles. The average molecular weight is 176 g/mol. The fourth-order valence-electron chi connectivity index (χ4n) is 1.03. The smallest absolute Gasteiger partial charge is 0.316 e. The van der Waals surface area contributed by atoms with Crippen molar-refractivity contribution >= 4 is 17.8 Å². The van der Waals surface area contributed by atoms with Crippen LogP contribution in [0.1, 0.15) is 11.1 Å². The van der Waals surface area contributed by atoms with Crippen LogP contribution in [0.4, 0.5) is 10.5 Å². The molecule has 0 aliphatic carbocycles. The molecule has 0 radical (unpaired) electrons. The van der Waals surface area contributed by atoms with Gasteiger partial charge in [-0.15, -0.1) is 0 Å². The number of anilines is 1. The summed E-state index contributed by atoms with van der Waals surface area (Å²) in [5, 5.41) is 2.54. The Balaban J connectivity index is 3.03. The molecule has 0 saturated carbocycles. The van der Waals surface area contributed by atoms with E-state index in [0.29, 0.717) is 0 Å². The summed E-state index contributed by atoms with van der Waals surface area (Å²) in [7, 11) is 0. The maximum atomic E-state index is 10.6. The summed E-state index contributed by atoms with van der Waals surface area (Å²) in [6.07, 6.45) is 1.71. The number of aryl methyl sites for hydroxylation is 1. The fraction of sp³-hybridized carbons (Fsp3) is 0.100. The van der Waals surface area contributed by atoms with E-state index in [2.05, 4.69) is 11.9 Å². The number of urea groups is 1. The van der Waals surface area contributed by atoms with Gasteiger partial charge in [-0.05, 0) is 24.1 Å². The number of amides is 2. The molecule has 0 unspecified atom stereocenters. The summed E-state index contributed by atoms with van der Waals surface area (Å²) in [6.45, 7) is 5.54. The van der Waals surface area contributed by atoms with Crippen molar-refractivity contribution in [3.63, 3.8) is 0 Å². The quantitative estimate of drug-likeness (QED) is 0.712. The van der Waals surface area contributed by atoms with E-state index >= 15 is 0 Å². The summed E-state index contributed by atoms with van der Waals surface area (Å²) < 4.78 is 0. The Bertz CT molecular complexity index is 345. The molecule has 1 rings (SSSR count). The SMILES string of the molecule is C=Cc1ccc(C)c(NC(N)=O)c1. The molecular formula is C10H12N2O. The van der Waals surface area contributed by atoms with Crippen LogP contribution in [0, 0.1) is 6.92 Å². The van der Waals surface area contributed by atoms with E-state index in [-0.39, 0.29) is 0 Å². The second kappa shape index (κ2) is 3.76. The molecule has 0 bridgehead atoms. The van der Waals surface area contributed by atoms with Gasteiger partial charge >= 0.3 is 6.03 Å². The normalized spacial score (nSPS) is 9.31. The van der Waals surface area contributed by atoms with Crippen LogP contribution in [0.15, 0.2) is 24.8 Å². The Kier molecular flexibility index (Phi) is 2.69. The molecule has 3 nitrogen and oxygen atoms in total. The van der Waals surface area contributed by atoms with E-state index < -0.39 is 6.03 Å². The Morgan fingerprint density at radius 2 is 2.31 bits per heavy atom. The molecule has 0 spiro atoms. The minimum atomic E-state index is -0.552. The predicted octanol–water partition coefficient (Wildman–Crippen LogP) is 2.13. The molecule has 2 amide bonds. The first-order valence-corrected chi connectivity index (χ1v) is 3.93. The number of benzene rings is 1. The van der Waals surface area contributed by atoms with E-state index in [0.717, 1.165) is 16.8 Å². The van der Waals surface area contributed by atoms with E-state index in [1.54, 1.807) is 6.08 Å². The molecule has 0 saturated heterocycles. The highest BCUT2D eigenvalue weighted by Gasteiger charge is 2.00. The van der Waals surface area contributed by atoms with Crippen LogP contribution in [0.5, 0.6) is 0 Å². The van der Waals surface area contributed by atoms with Crippen molar-refractivity contribution < 1.29 is 4.79 Å². The van der Waals surface area contributed by atoms with Gasteiger partial charge in [0, 0.05) is 5.69 Å². The van der Waals surface area contributed by atoms with Crippen molar-refractivity contribution in [2.75, 3.05) is 5.32 Å². The summed E-state index contributed by atoms with van der Waals surface area (Å²) in [5.41, 5.74) is 7.67. The lowest BCUT2D eigenvalue weighted by molar-refractivity contribution is 0.259.